The number of halogens is 1. The summed E-state index contributed by atoms with van der Waals surface area (Å²) in [5.74, 6) is 1.41. The van der Waals surface area contributed by atoms with Gasteiger partial charge in [-0.2, -0.15) is 12.6 Å². The molecule has 0 aromatic heterocycles. The zero-order chi connectivity index (χ0) is 19.9. The van der Waals surface area contributed by atoms with Gasteiger partial charge >= 0.3 is 0 Å². The molecule has 28 heavy (non-hydrogen) atoms. The number of nitrogens with one attached hydrogen (secondary N) is 1. The number of phenolic OH excluding ortho intramolecular Hbond substituents is 1. The van der Waals surface area contributed by atoms with E-state index >= 15 is 0 Å². The first-order valence-corrected chi connectivity index (χ1v) is 10.6. The number of alkyl halides is 1. The van der Waals surface area contributed by atoms with Gasteiger partial charge < -0.3 is 15.2 Å². The SMILES string of the molecule is CS.Oc1ccc2c(c1)CCN[C@H]2c1ccc(OCCN2CC(CF)C2)cc1. The Morgan fingerprint density at radius 1 is 1.18 bits per heavy atom. The molecule has 2 N–H and O–H groups in total. The van der Waals surface area contributed by atoms with Gasteiger partial charge in [0.05, 0.1) is 12.7 Å². The Morgan fingerprint density at radius 2 is 1.93 bits per heavy atom. The van der Waals surface area contributed by atoms with Gasteiger partial charge in [-0.25, -0.2) is 0 Å². The van der Waals surface area contributed by atoms with Crippen molar-refractivity contribution in [1.82, 2.24) is 10.2 Å². The highest BCUT2D eigenvalue weighted by Crippen LogP contribution is 2.31. The summed E-state index contributed by atoms with van der Waals surface area (Å²) in [7, 11) is 0. The zero-order valence-corrected chi connectivity index (χ0v) is 17.2. The number of hydrogen-bond acceptors (Lipinski definition) is 5. The largest absolute Gasteiger partial charge is 0.508 e. The molecular formula is C22H29FN2O2S. The molecule has 0 unspecified atom stereocenters. The number of likely N-dealkylation sites (tertiary alicyclic amines) is 1. The predicted molar refractivity (Wildman–Crippen MR) is 114 cm³/mol. The van der Waals surface area contributed by atoms with E-state index in [1.54, 1.807) is 12.3 Å². The molecule has 2 aliphatic heterocycles. The third-order valence-electron chi connectivity index (χ3n) is 5.32. The van der Waals surface area contributed by atoms with Gasteiger partial charge in [0.25, 0.3) is 0 Å². The summed E-state index contributed by atoms with van der Waals surface area (Å²) in [6.45, 7) is 3.86. The summed E-state index contributed by atoms with van der Waals surface area (Å²) in [6.07, 6.45) is 2.63. The molecule has 0 aliphatic carbocycles. The van der Waals surface area contributed by atoms with Crippen LogP contribution in [0.2, 0.25) is 0 Å². The highest BCUT2D eigenvalue weighted by molar-refractivity contribution is 7.79. The molecule has 0 bridgehead atoms. The fourth-order valence-corrected chi connectivity index (χ4v) is 3.85. The lowest BCUT2D eigenvalue weighted by Crippen LogP contribution is -2.49. The molecule has 2 aromatic carbocycles. The highest BCUT2D eigenvalue weighted by atomic mass is 32.1. The van der Waals surface area contributed by atoms with Crippen molar-refractivity contribution in [1.29, 1.82) is 0 Å². The summed E-state index contributed by atoms with van der Waals surface area (Å²) in [5.41, 5.74) is 3.62. The van der Waals surface area contributed by atoms with Crippen LogP contribution in [0.25, 0.3) is 0 Å². The Bertz CT molecular complexity index is 751. The Hall–Kier alpha value is -1.76. The van der Waals surface area contributed by atoms with Crippen LogP contribution in [-0.4, -0.2) is 55.7 Å². The lowest BCUT2D eigenvalue weighted by Gasteiger charge is -2.37. The van der Waals surface area contributed by atoms with Crippen molar-refractivity contribution in [2.75, 3.05) is 45.7 Å². The molecular weight excluding hydrogens is 375 g/mol. The molecule has 0 spiro atoms. The van der Waals surface area contributed by atoms with E-state index < -0.39 is 0 Å². The van der Waals surface area contributed by atoms with Gasteiger partial charge in [0, 0.05) is 32.1 Å². The van der Waals surface area contributed by atoms with Gasteiger partial charge in [-0.15, -0.1) is 0 Å². The van der Waals surface area contributed by atoms with Gasteiger partial charge in [-0.1, -0.05) is 18.2 Å². The van der Waals surface area contributed by atoms with E-state index in [1.807, 2.05) is 24.3 Å². The van der Waals surface area contributed by atoms with Crippen LogP contribution in [0.1, 0.15) is 22.7 Å². The van der Waals surface area contributed by atoms with Crippen molar-refractivity contribution in [3.8, 4) is 11.5 Å². The Balaban J connectivity index is 0.00000109. The molecule has 0 saturated carbocycles. The number of rotatable bonds is 6. The average Bonchev–Trinajstić information content (AvgIpc) is 2.71. The monoisotopic (exact) mass is 404 g/mol. The van der Waals surface area contributed by atoms with Crippen LogP contribution in [-0.2, 0) is 6.42 Å². The highest BCUT2D eigenvalue weighted by Gasteiger charge is 2.26. The fourth-order valence-electron chi connectivity index (χ4n) is 3.85. The summed E-state index contributed by atoms with van der Waals surface area (Å²) in [6, 6.07) is 14.0. The van der Waals surface area contributed by atoms with Crippen LogP contribution in [0.4, 0.5) is 4.39 Å². The number of thiol groups is 1. The number of aromatic hydroxyl groups is 1. The minimum atomic E-state index is -0.212. The first-order valence-electron chi connectivity index (χ1n) is 9.74. The second-order valence-electron chi connectivity index (χ2n) is 7.22. The third kappa shape index (κ3) is 4.99. The number of ether oxygens (including phenoxy) is 1. The fraction of sp³-hybridized carbons (Fsp3) is 0.455. The number of nitrogens with zero attached hydrogens (tertiary/aromatic N) is 1. The molecule has 2 heterocycles. The molecule has 2 aliphatic rings. The molecule has 6 heteroatoms. The standard InChI is InChI=1S/C21H25FN2O2.CH4S/c22-12-15-13-24(14-15)9-10-26-19-4-1-16(2-5-19)21-20-6-3-18(25)11-17(20)7-8-23-21;1-2/h1-6,11,15,21,23,25H,7-10,12-14H2;2H,1H3/t21-;/m0./s1. The maximum Gasteiger partial charge on any atom is 0.119 e. The first-order chi connectivity index (χ1) is 13.7. The maximum absolute atomic E-state index is 12.4. The van der Waals surface area contributed by atoms with Crippen LogP contribution in [0.15, 0.2) is 42.5 Å². The van der Waals surface area contributed by atoms with Crippen LogP contribution in [0, 0.1) is 5.92 Å². The summed E-state index contributed by atoms with van der Waals surface area (Å²) < 4.78 is 18.2. The van der Waals surface area contributed by atoms with E-state index in [1.165, 1.54) is 16.7 Å². The number of fused-ring (bicyclic) bond motifs is 1. The first kappa shape index (κ1) is 21.0. The average molecular weight is 405 g/mol. The van der Waals surface area contributed by atoms with Crippen LogP contribution < -0.4 is 10.1 Å². The van der Waals surface area contributed by atoms with Crippen molar-refractivity contribution in [2.24, 2.45) is 5.92 Å². The number of hydrogen-bond donors (Lipinski definition) is 3. The van der Waals surface area contributed by atoms with E-state index in [9.17, 15) is 9.50 Å². The molecule has 1 atom stereocenters. The maximum atomic E-state index is 12.4. The van der Waals surface area contributed by atoms with Crippen molar-refractivity contribution in [3.05, 3.63) is 59.2 Å². The van der Waals surface area contributed by atoms with Gasteiger partial charge in [-0.3, -0.25) is 9.29 Å². The quantitative estimate of drug-likeness (QED) is 0.646. The zero-order valence-electron chi connectivity index (χ0n) is 16.3. The molecule has 2 aromatic rings. The molecule has 4 rings (SSSR count). The second kappa shape index (κ2) is 10.1. The number of benzene rings is 2. The lowest BCUT2D eigenvalue weighted by molar-refractivity contribution is 0.0668. The Kier molecular flexibility index (Phi) is 7.59. The minimum Gasteiger partial charge on any atom is -0.508 e. The number of phenols is 1. The summed E-state index contributed by atoms with van der Waals surface area (Å²) in [5, 5.41) is 13.2. The Labute approximate surface area is 172 Å². The van der Waals surface area contributed by atoms with Crippen molar-refractivity contribution < 1.29 is 14.2 Å². The van der Waals surface area contributed by atoms with Crippen molar-refractivity contribution >= 4 is 12.6 Å². The molecule has 0 radical (unpaired) electrons. The topological polar surface area (TPSA) is 44.7 Å². The van der Waals surface area contributed by atoms with Gasteiger partial charge in [0.1, 0.15) is 18.1 Å². The van der Waals surface area contributed by atoms with Gasteiger partial charge in [-0.05, 0) is 53.6 Å². The summed E-state index contributed by atoms with van der Waals surface area (Å²) >= 11 is 3.53. The van der Waals surface area contributed by atoms with Crippen molar-refractivity contribution in [3.63, 3.8) is 0 Å². The molecule has 152 valence electrons. The molecule has 0 amide bonds. The second-order valence-corrected chi connectivity index (χ2v) is 7.22. The normalized spacial score (nSPS) is 19.2. The van der Waals surface area contributed by atoms with Crippen LogP contribution >= 0.6 is 12.6 Å². The molecule has 1 saturated heterocycles. The van der Waals surface area contributed by atoms with Crippen LogP contribution in [0.3, 0.4) is 0 Å². The third-order valence-corrected chi connectivity index (χ3v) is 5.32. The van der Waals surface area contributed by atoms with E-state index in [4.69, 9.17) is 4.74 Å². The van der Waals surface area contributed by atoms with Gasteiger partial charge in [0.2, 0.25) is 0 Å². The van der Waals surface area contributed by atoms with E-state index in [0.29, 0.717) is 12.4 Å². The van der Waals surface area contributed by atoms with Gasteiger partial charge in [0.15, 0.2) is 0 Å². The minimum absolute atomic E-state index is 0.145. The smallest absolute Gasteiger partial charge is 0.119 e. The Morgan fingerprint density at radius 3 is 2.64 bits per heavy atom. The molecule has 4 nitrogen and oxygen atoms in total. The van der Waals surface area contributed by atoms with Crippen molar-refractivity contribution in [2.45, 2.75) is 12.5 Å². The van der Waals surface area contributed by atoms with E-state index in [0.717, 1.165) is 38.3 Å². The van der Waals surface area contributed by atoms with Crippen LogP contribution in [0.5, 0.6) is 11.5 Å². The predicted octanol–water partition coefficient (Wildman–Crippen LogP) is 3.45. The van der Waals surface area contributed by atoms with E-state index in [2.05, 4.69) is 35.0 Å². The lowest BCUT2D eigenvalue weighted by atomic mass is 9.90. The molecule has 1 fully saturated rings. The van der Waals surface area contributed by atoms with E-state index in [-0.39, 0.29) is 18.6 Å². The summed E-state index contributed by atoms with van der Waals surface area (Å²) in [4.78, 5) is 2.22.